The smallest absolute Gasteiger partial charge is 0.726 e. The molecule has 0 bridgehead atoms. The van der Waals surface area contributed by atoms with Gasteiger partial charge >= 0.3 is 29.6 Å². The van der Waals surface area contributed by atoms with Crippen molar-refractivity contribution < 1.29 is 51.8 Å². The van der Waals surface area contributed by atoms with Gasteiger partial charge in [-0.1, -0.05) is 45.3 Å². The van der Waals surface area contributed by atoms with Gasteiger partial charge in [-0.25, -0.2) is 8.42 Å². The molecule has 0 spiro atoms. The molecular weight excluding hydrogens is 459 g/mol. The van der Waals surface area contributed by atoms with Crippen LogP contribution in [-0.4, -0.2) is 29.8 Å². The molecule has 190 valence electrons. The van der Waals surface area contributed by atoms with Crippen molar-refractivity contribution in [2.75, 3.05) is 0 Å². The molecule has 5 nitrogen and oxygen atoms in total. The van der Waals surface area contributed by atoms with Crippen molar-refractivity contribution in [3.05, 3.63) is 11.6 Å². The van der Waals surface area contributed by atoms with E-state index >= 15 is 0 Å². The molecule has 4 aliphatic carbocycles. The van der Waals surface area contributed by atoms with E-state index in [1.165, 1.54) is 37.7 Å². The van der Waals surface area contributed by atoms with Gasteiger partial charge in [-0.2, -0.15) is 0 Å². The Morgan fingerprint density at radius 1 is 1.18 bits per heavy atom. The predicted octanol–water partition coefficient (Wildman–Crippen LogP) is 2.99. The second kappa shape index (κ2) is 10.4. The van der Waals surface area contributed by atoms with Gasteiger partial charge in [0, 0.05) is 0 Å². The number of hydrogen-bond acceptors (Lipinski definition) is 5. The fourth-order valence-electron chi connectivity index (χ4n) is 8.91. The molecule has 0 amide bonds. The Kier molecular flexibility index (Phi) is 8.89. The van der Waals surface area contributed by atoms with Crippen molar-refractivity contribution in [3.63, 3.8) is 0 Å². The van der Waals surface area contributed by atoms with Crippen LogP contribution in [0.25, 0.3) is 0 Å². The Bertz CT molecular complexity index is 865. The van der Waals surface area contributed by atoms with Gasteiger partial charge in [0.1, 0.15) is 0 Å². The van der Waals surface area contributed by atoms with Gasteiger partial charge in [0.2, 0.25) is 10.4 Å². The van der Waals surface area contributed by atoms with Gasteiger partial charge in [0.25, 0.3) is 0 Å². The predicted molar refractivity (Wildman–Crippen MR) is 129 cm³/mol. The number of allylic oxidation sites excluding steroid dienone is 1. The molecule has 3 unspecified atom stereocenters. The summed E-state index contributed by atoms with van der Waals surface area (Å²) in [6, 6.07) is 0. The fourth-order valence-corrected chi connectivity index (χ4v) is 9.41. The Balaban J connectivity index is 0.00000324. The molecule has 8 atom stereocenters. The summed E-state index contributed by atoms with van der Waals surface area (Å²) < 4.78 is 38.2. The van der Waals surface area contributed by atoms with Gasteiger partial charge in [-0.15, -0.1) is 0 Å². The molecule has 3 saturated carbocycles. The standard InChI is InChI=1S/C27H46O5S.Na/c1-18(7-6-14-25(2,3)28)22-10-11-23-21-9-8-19-17-20(32-33(29,30)31)12-15-26(19,4)24(21)13-16-27(22,23)5;/h8,18,20-24,28H,6-7,9-17H2,1-5H3,(H,29,30,31);/q;+1/p-1/t18-,20+,21?,22-,23?,24?,26+,27-;/m1./s1. The van der Waals surface area contributed by atoms with Crippen LogP contribution in [-0.2, 0) is 14.6 Å². The minimum Gasteiger partial charge on any atom is -0.726 e. The zero-order chi connectivity index (χ0) is 24.2. The first-order valence-corrected chi connectivity index (χ1v) is 14.6. The van der Waals surface area contributed by atoms with E-state index in [2.05, 4.69) is 26.8 Å². The molecule has 7 heteroatoms. The van der Waals surface area contributed by atoms with Crippen LogP contribution in [0.3, 0.4) is 0 Å². The normalized spacial score (nSPS) is 40.9. The first-order chi connectivity index (χ1) is 15.2. The van der Waals surface area contributed by atoms with E-state index in [-0.39, 0.29) is 35.0 Å². The fraction of sp³-hybridized carbons (Fsp3) is 0.926. The van der Waals surface area contributed by atoms with E-state index in [4.69, 9.17) is 4.18 Å². The maximum absolute atomic E-state index is 11.1. The van der Waals surface area contributed by atoms with Gasteiger partial charge in [0.15, 0.2) is 0 Å². The monoisotopic (exact) mass is 504 g/mol. The van der Waals surface area contributed by atoms with Crippen molar-refractivity contribution in [1.29, 1.82) is 0 Å². The third-order valence-corrected chi connectivity index (χ3v) is 11.0. The molecule has 0 aliphatic heterocycles. The second-order valence-corrected chi connectivity index (χ2v) is 14.0. The minimum atomic E-state index is -4.65. The Labute approximate surface area is 230 Å². The molecule has 4 rings (SSSR count). The van der Waals surface area contributed by atoms with E-state index in [0.717, 1.165) is 37.5 Å². The van der Waals surface area contributed by atoms with Crippen LogP contribution >= 0.6 is 0 Å². The Morgan fingerprint density at radius 3 is 2.53 bits per heavy atom. The van der Waals surface area contributed by atoms with Gasteiger partial charge in [0.05, 0.1) is 11.7 Å². The molecule has 0 radical (unpaired) electrons. The molecule has 0 aromatic heterocycles. The van der Waals surface area contributed by atoms with Crippen molar-refractivity contribution in [2.24, 2.45) is 40.4 Å². The zero-order valence-corrected chi connectivity index (χ0v) is 25.1. The van der Waals surface area contributed by atoms with Crippen LogP contribution in [0.2, 0.25) is 0 Å². The van der Waals surface area contributed by atoms with E-state index in [1.54, 1.807) is 0 Å². The Morgan fingerprint density at radius 2 is 1.88 bits per heavy atom. The zero-order valence-electron chi connectivity index (χ0n) is 22.3. The number of fused-ring (bicyclic) bond motifs is 5. The topological polar surface area (TPSA) is 86.7 Å². The summed E-state index contributed by atoms with van der Waals surface area (Å²) >= 11 is 0. The van der Waals surface area contributed by atoms with Crippen molar-refractivity contribution in [2.45, 2.75) is 117 Å². The maximum Gasteiger partial charge on any atom is 1.00 e. The molecule has 4 aliphatic rings. The summed E-state index contributed by atoms with van der Waals surface area (Å²) in [5.74, 6) is 3.61. The van der Waals surface area contributed by atoms with Gasteiger partial charge in [-0.3, -0.25) is 4.18 Å². The maximum atomic E-state index is 11.1. The molecule has 0 saturated heterocycles. The van der Waals surface area contributed by atoms with Crippen LogP contribution in [0.4, 0.5) is 0 Å². The summed E-state index contributed by atoms with van der Waals surface area (Å²) in [6.45, 7) is 11.2. The number of rotatable bonds is 7. The third kappa shape index (κ3) is 5.84. The SMILES string of the molecule is C[C@H](CCCC(C)(C)O)[C@H]1CCC2C3CC=C4C[C@@H](OS(=O)(=O)[O-])CC[C@]4(C)C3CC[C@@]21C.[Na+]. The summed E-state index contributed by atoms with van der Waals surface area (Å²) in [5.41, 5.74) is 1.30. The van der Waals surface area contributed by atoms with Crippen molar-refractivity contribution in [1.82, 2.24) is 0 Å². The molecule has 0 heterocycles. The first-order valence-electron chi connectivity index (χ1n) is 13.3. The van der Waals surface area contributed by atoms with Crippen molar-refractivity contribution >= 4 is 10.4 Å². The van der Waals surface area contributed by atoms with Crippen LogP contribution in [0.15, 0.2) is 11.6 Å². The largest absolute Gasteiger partial charge is 1.00 e. The summed E-state index contributed by atoms with van der Waals surface area (Å²) in [4.78, 5) is 0. The van der Waals surface area contributed by atoms with Crippen LogP contribution in [0.5, 0.6) is 0 Å². The van der Waals surface area contributed by atoms with Gasteiger partial charge in [-0.05, 0) is 112 Å². The van der Waals surface area contributed by atoms with E-state index < -0.39 is 22.1 Å². The first kappa shape index (κ1) is 29.1. The quantitative estimate of drug-likeness (QED) is 0.249. The number of hydrogen-bond donors (Lipinski definition) is 1. The van der Waals surface area contributed by atoms with E-state index in [0.29, 0.717) is 36.0 Å². The molecule has 3 fully saturated rings. The summed E-state index contributed by atoms with van der Waals surface area (Å²) in [7, 11) is -4.65. The summed E-state index contributed by atoms with van der Waals surface area (Å²) in [6.07, 6.45) is 13.5. The molecule has 1 N–H and O–H groups in total. The number of aliphatic hydroxyl groups is 1. The van der Waals surface area contributed by atoms with E-state index in [1.807, 2.05) is 13.8 Å². The molecule has 0 aromatic rings. The minimum absolute atomic E-state index is 0. The van der Waals surface area contributed by atoms with Gasteiger partial charge < -0.3 is 9.66 Å². The Hall–Kier alpha value is 0.570. The van der Waals surface area contributed by atoms with E-state index in [9.17, 15) is 18.1 Å². The average molecular weight is 505 g/mol. The molecule has 34 heavy (non-hydrogen) atoms. The second-order valence-electron chi connectivity index (χ2n) is 13.0. The van der Waals surface area contributed by atoms with Crippen LogP contribution in [0, 0.1) is 40.4 Å². The van der Waals surface area contributed by atoms with Crippen LogP contribution < -0.4 is 29.6 Å². The van der Waals surface area contributed by atoms with Crippen LogP contribution in [0.1, 0.15) is 105 Å². The third-order valence-electron chi connectivity index (χ3n) is 10.5. The van der Waals surface area contributed by atoms with Crippen molar-refractivity contribution in [3.8, 4) is 0 Å². The molecular formula is C27H45NaO5S. The molecule has 0 aromatic carbocycles. The average Bonchev–Trinajstić information content (AvgIpc) is 3.03. The summed E-state index contributed by atoms with van der Waals surface area (Å²) in [5, 5.41) is 10.1.